The van der Waals surface area contributed by atoms with Gasteiger partial charge in [0.15, 0.2) is 0 Å². The zero-order chi connectivity index (χ0) is 14.6. The Hall–Kier alpha value is -0.340. The maximum absolute atomic E-state index is 3.77. The molecule has 0 saturated heterocycles. The normalized spacial score (nSPS) is 19.8. The van der Waals surface area contributed by atoms with E-state index in [1.165, 1.54) is 48.3 Å². The minimum Gasteiger partial charge on any atom is -0.309 e. The van der Waals surface area contributed by atoms with E-state index in [1.807, 2.05) is 11.3 Å². The highest BCUT2D eigenvalue weighted by molar-refractivity contribution is 7.12. The molecule has 0 spiro atoms. The summed E-state index contributed by atoms with van der Waals surface area (Å²) in [6.45, 7) is 10.3. The van der Waals surface area contributed by atoms with E-state index in [9.17, 15) is 0 Å². The van der Waals surface area contributed by atoms with Crippen molar-refractivity contribution in [2.75, 3.05) is 0 Å². The van der Waals surface area contributed by atoms with Crippen molar-refractivity contribution in [3.05, 3.63) is 21.9 Å². The summed E-state index contributed by atoms with van der Waals surface area (Å²) >= 11 is 1.97. The van der Waals surface area contributed by atoms with Crippen molar-refractivity contribution >= 4 is 11.3 Å². The Morgan fingerprint density at radius 2 is 1.80 bits per heavy atom. The van der Waals surface area contributed by atoms with Crippen LogP contribution in [0.2, 0.25) is 0 Å². The van der Waals surface area contributed by atoms with E-state index in [-0.39, 0.29) is 5.41 Å². The largest absolute Gasteiger partial charge is 0.309 e. The van der Waals surface area contributed by atoms with E-state index < -0.39 is 0 Å². The summed E-state index contributed by atoms with van der Waals surface area (Å²) in [6, 6.07) is 5.27. The first-order valence-electron chi connectivity index (χ1n) is 8.29. The molecule has 0 bridgehead atoms. The van der Waals surface area contributed by atoms with Crippen LogP contribution in [-0.4, -0.2) is 6.04 Å². The van der Waals surface area contributed by atoms with E-state index in [0.29, 0.717) is 6.04 Å². The number of nitrogens with one attached hydrogen (secondary N) is 1. The molecule has 1 atom stereocenters. The molecule has 1 aliphatic carbocycles. The SMILES string of the molecule is C[C@@H](NCc1ccc(C(C)(C)C)s1)C1CCCCCC1. The van der Waals surface area contributed by atoms with E-state index in [4.69, 9.17) is 0 Å². The fourth-order valence-electron chi connectivity index (χ4n) is 3.12. The van der Waals surface area contributed by atoms with E-state index in [2.05, 4.69) is 45.1 Å². The third-order valence-electron chi connectivity index (χ3n) is 4.61. The van der Waals surface area contributed by atoms with Crippen molar-refractivity contribution in [2.24, 2.45) is 5.92 Å². The van der Waals surface area contributed by atoms with Gasteiger partial charge in [0.25, 0.3) is 0 Å². The van der Waals surface area contributed by atoms with Gasteiger partial charge < -0.3 is 5.32 Å². The first kappa shape index (κ1) is 16.0. The molecule has 2 heteroatoms. The molecule has 20 heavy (non-hydrogen) atoms. The lowest BCUT2D eigenvalue weighted by Gasteiger charge is -2.23. The van der Waals surface area contributed by atoms with Gasteiger partial charge in [-0.1, -0.05) is 46.5 Å². The molecular formula is C18H31NS. The molecule has 1 saturated carbocycles. The second-order valence-electron chi connectivity index (χ2n) is 7.44. The van der Waals surface area contributed by atoms with Gasteiger partial charge in [0, 0.05) is 22.3 Å². The van der Waals surface area contributed by atoms with Gasteiger partial charge in [-0.25, -0.2) is 0 Å². The summed E-state index contributed by atoms with van der Waals surface area (Å²) in [7, 11) is 0. The second kappa shape index (κ2) is 7.09. The van der Waals surface area contributed by atoms with Crippen LogP contribution in [-0.2, 0) is 12.0 Å². The molecule has 2 rings (SSSR count). The zero-order valence-electron chi connectivity index (χ0n) is 13.7. The summed E-state index contributed by atoms with van der Waals surface area (Å²) in [4.78, 5) is 2.98. The Morgan fingerprint density at radius 1 is 1.15 bits per heavy atom. The summed E-state index contributed by atoms with van der Waals surface area (Å²) < 4.78 is 0. The topological polar surface area (TPSA) is 12.0 Å². The van der Waals surface area contributed by atoms with Crippen LogP contribution in [0, 0.1) is 5.92 Å². The first-order valence-corrected chi connectivity index (χ1v) is 9.11. The van der Waals surface area contributed by atoms with Crippen LogP contribution in [0.25, 0.3) is 0 Å². The molecule has 0 aromatic carbocycles. The van der Waals surface area contributed by atoms with Crippen LogP contribution < -0.4 is 5.32 Å². The van der Waals surface area contributed by atoms with Crippen molar-refractivity contribution in [3.63, 3.8) is 0 Å². The molecule has 0 aliphatic heterocycles. The number of rotatable bonds is 4. The van der Waals surface area contributed by atoms with Crippen molar-refractivity contribution in [3.8, 4) is 0 Å². The van der Waals surface area contributed by atoms with E-state index >= 15 is 0 Å². The molecular weight excluding hydrogens is 262 g/mol. The highest BCUT2D eigenvalue weighted by atomic mass is 32.1. The molecule has 1 fully saturated rings. The first-order chi connectivity index (χ1) is 9.47. The molecule has 1 N–H and O–H groups in total. The molecule has 1 aliphatic rings. The minimum absolute atomic E-state index is 0.288. The highest BCUT2D eigenvalue weighted by Crippen LogP contribution is 2.30. The van der Waals surface area contributed by atoms with Crippen molar-refractivity contribution in [2.45, 2.75) is 84.2 Å². The van der Waals surface area contributed by atoms with Gasteiger partial charge >= 0.3 is 0 Å². The molecule has 0 radical (unpaired) electrons. The summed E-state index contributed by atoms with van der Waals surface area (Å²) in [6.07, 6.45) is 8.61. The Bertz CT molecular complexity index is 394. The van der Waals surface area contributed by atoms with Gasteiger partial charge in [0.2, 0.25) is 0 Å². The standard InChI is InChI=1S/C18H31NS/c1-14(15-9-7-5-6-8-10-15)19-13-16-11-12-17(20-16)18(2,3)4/h11-12,14-15,19H,5-10,13H2,1-4H3/t14-/m1/s1. The monoisotopic (exact) mass is 293 g/mol. The quantitative estimate of drug-likeness (QED) is 0.723. The van der Waals surface area contributed by atoms with Crippen LogP contribution >= 0.6 is 11.3 Å². The van der Waals surface area contributed by atoms with E-state index in [1.54, 1.807) is 0 Å². The second-order valence-corrected chi connectivity index (χ2v) is 8.61. The van der Waals surface area contributed by atoms with Gasteiger partial charge in [-0.05, 0) is 43.2 Å². The lowest BCUT2D eigenvalue weighted by Crippen LogP contribution is -2.32. The Labute approximate surface area is 129 Å². The minimum atomic E-state index is 0.288. The molecule has 1 aromatic rings. The average molecular weight is 294 g/mol. The van der Waals surface area contributed by atoms with Gasteiger partial charge in [-0.15, -0.1) is 11.3 Å². The number of hydrogen-bond acceptors (Lipinski definition) is 2. The molecule has 1 heterocycles. The summed E-state index contributed by atoms with van der Waals surface area (Å²) in [5.41, 5.74) is 0.288. The molecule has 0 unspecified atom stereocenters. The molecule has 1 nitrogen and oxygen atoms in total. The van der Waals surface area contributed by atoms with Crippen LogP contribution in [0.5, 0.6) is 0 Å². The number of hydrogen-bond donors (Lipinski definition) is 1. The van der Waals surface area contributed by atoms with Gasteiger partial charge in [-0.3, -0.25) is 0 Å². The predicted octanol–water partition coefficient (Wildman–Crippen LogP) is 5.49. The highest BCUT2D eigenvalue weighted by Gasteiger charge is 2.19. The van der Waals surface area contributed by atoms with E-state index in [0.717, 1.165) is 12.5 Å². The van der Waals surface area contributed by atoms with Crippen LogP contribution in [0.1, 0.15) is 76.0 Å². The Morgan fingerprint density at radius 3 is 2.35 bits per heavy atom. The maximum Gasteiger partial charge on any atom is 0.0302 e. The lowest BCUT2D eigenvalue weighted by atomic mass is 9.93. The fourth-order valence-corrected chi connectivity index (χ4v) is 4.13. The smallest absolute Gasteiger partial charge is 0.0302 e. The molecule has 114 valence electrons. The lowest BCUT2D eigenvalue weighted by molar-refractivity contribution is 0.337. The van der Waals surface area contributed by atoms with Crippen molar-refractivity contribution < 1.29 is 0 Å². The summed E-state index contributed by atoms with van der Waals surface area (Å²) in [5, 5.41) is 3.77. The number of thiophene rings is 1. The maximum atomic E-state index is 3.77. The Balaban J connectivity index is 1.83. The van der Waals surface area contributed by atoms with Gasteiger partial charge in [0.1, 0.15) is 0 Å². The molecule has 1 aromatic heterocycles. The fraction of sp³-hybridized carbons (Fsp3) is 0.778. The van der Waals surface area contributed by atoms with Gasteiger partial charge in [0.05, 0.1) is 0 Å². The summed E-state index contributed by atoms with van der Waals surface area (Å²) in [5.74, 6) is 0.888. The van der Waals surface area contributed by atoms with Crippen LogP contribution in [0.15, 0.2) is 12.1 Å². The third kappa shape index (κ3) is 4.60. The van der Waals surface area contributed by atoms with Crippen LogP contribution in [0.4, 0.5) is 0 Å². The predicted molar refractivity (Wildman–Crippen MR) is 90.5 cm³/mol. The van der Waals surface area contributed by atoms with Crippen molar-refractivity contribution in [1.29, 1.82) is 0 Å². The van der Waals surface area contributed by atoms with Crippen molar-refractivity contribution in [1.82, 2.24) is 5.32 Å². The van der Waals surface area contributed by atoms with Crippen LogP contribution in [0.3, 0.4) is 0 Å². The zero-order valence-corrected chi connectivity index (χ0v) is 14.5. The third-order valence-corrected chi connectivity index (χ3v) is 6.12. The van der Waals surface area contributed by atoms with Gasteiger partial charge in [-0.2, -0.15) is 0 Å². The average Bonchev–Trinajstić information content (AvgIpc) is 2.70. The molecule has 0 amide bonds. The Kier molecular flexibility index (Phi) is 5.68.